The summed E-state index contributed by atoms with van der Waals surface area (Å²) in [5.74, 6) is 0. The average molecular weight is 224 g/mol. The van der Waals surface area contributed by atoms with Crippen molar-refractivity contribution in [1.82, 2.24) is 3.11 Å². The highest BCUT2D eigenvalue weighted by atomic mass is 127. The molecular formula is C5H9IN2. The fourth-order valence-electron chi connectivity index (χ4n) is 0.581. The summed E-state index contributed by atoms with van der Waals surface area (Å²) in [6.07, 6.45) is 3.12. The van der Waals surface area contributed by atoms with Gasteiger partial charge in [-0.1, -0.05) is 6.92 Å². The minimum atomic E-state index is -0.00140. The van der Waals surface area contributed by atoms with Gasteiger partial charge in [0.1, 0.15) is 21.3 Å². The smallest absolute Gasteiger partial charge is 0.120 e. The van der Waals surface area contributed by atoms with Crippen LogP contribution >= 0.6 is 21.3 Å². The fourth-order valence-corrected chi connectivity index (χ4v) is 2.14. The summed E-state index contributed by atoms with van der Waals surface area (Å²) in [6.45, 7) is 2.16. The van der Waals surface area contributed by atoms with Crippen molar-refractivity contribution in [3.63, 3.8) is 0 Å². The van der Waals surface area contributed by atoms with Crippen molar-refractivity contribution in [1.29, 1.82) is 0 Å². The second kappa shape index (κ2) is 2.57. The lowest BCUT2D eigenvalue weighted by molar-refractivity contribution is 0.715. The lowest BCUT2D eigenvalue weighted by Crippen LogP contribution is -1.99. The van der Waals surface area contributed by atoms with Crippen LogP contribution in [-0.4, -0.2) is 10.2 Å². The molecule has 0 bridgehead atoms. The molecule has 0 atom stereocenters. The van der Waals surface area contributed by atoms with Crippen LogP contribution in [0, 0.1) is 0 Å². The van der Waals surface area contributed by atoms with Gasteiger partial charge in [0.2, 0.25) is 0 Å². The predicted molar refractivity (Wildman–Crippen MR) is 42.6 cm³/mol. The molecule has 0 aliphatic carbocycles. The van der Waals surface area contributed by atoms with Crippen LogP contribution in [0.4, 0.5) is 0 Å². The van der Waals surface area contributed by atoms with E-state index in [0.29, 0.717) is 0 Å². The highest BCUT2D eigenvalue weighted by molar-refractivity contribution is 14.1. The Morgan fingerprint density at radius 3 is 2.88 bits per heavy atom. The van der Waals surface area contributed by atoms with E-state index < -0.39 is 0 Å². The third-order valence-corrected chi connectivity index (χ3v) is 2.91. The van der Waals surface area contributed by atoms with Crippen LogP contribution in [0.1, 0.15) is 13.3 Å². The zero-order valence-electron chi connectivity index (χ0n) is 5.06. The van der Waals surface area contributed by atoms with E-state index in [1.807, 2.05) is 6.20 Å². The number of allylic oxidation sites excluding steroid dienone is 1. The second-order valence-electron chi connectivity index (χ2n) is 1.62. The lowest BCUT2D eigenvalue weighted by Gasteiger charge is -2.06. The summed E-state index contributed by atoms with van der Waals surface area (Å²) in [4.78, 5) is 0. The van der Waals surface area contributed by atoms with E-state index in [1.165, 1.54) is 5.70 Å². The van der Waals surface area contributed by atoms with Crippen molar-refractivity contribution in [2.45, 2.75) is 13.3 Å². The van der Waals surface area contributed by atoms with Gasteiger partial charge in [0.05, 0.1) is 6.20 Å². The second-order valence-corrected chi connectivity index (χ2v) is 4.06. The summed E-state index contributed by atoms with van der Waals surface area (Å²) in [7, 11) is 2.11. The summed E-state index contributed by atoms with van der Waals surface area (Å²) >= 11 is -0.00140. The topological polar surface area (TPSA) is 15.6 Å². The molecule has 0 aromatic rings. The highest BCUT2D eigenvalue weighted by Gasteiger charge is 2.02. The normalized spacial score (nSPS) is 18.2. The number of nitrogens with zero attached hydrogens (tertiary/aromatic N) is 2. The van der Waals surface area contributed by atoms with Gasteiger partial charge >= 0.3 is 0 Å². The molecule has 0 radical (unpaired) electrons. The van der Waals surface area contributed by atoms with Crippen LogP contribution in [0.5, 0.6) is 0 Å². The Morgan fingerprint density at radius 2 is 2.62 bits per heavy atom. The maximum atomic E-state index is 4.19. The maximum absolute atomic E-state index is 4.19. The van der Waals surface area contributed by atoms with Gasteiger partial charge in [-0.15, -0.1) is 0 Å². The third kappa shape index (κ3) is 1.07. The van der Waals surface area contributed by atoms with E-state index in [2.05, 4.69) is 20.2 Å². The Kier molecular flexibility index (Phi) is 1.99. The van der Waals surface area contributed by atoms with Gasteiger partial charge in [-0.2, -0.15) is 0 Å². The van der Waals surface area contributed by atoms with Gasteiger partial charge in [-0.3, -0.25) is 0 Å². The van der Waals surface area contributed by atoms with Gasteiger partial charge in [0.25, 0.3) is 0 Å². The summed E-state index contributed by atoms with van der Waals surface area (Å²) in [6, 6.07) is 0. The van der Waals surface area contributed by atoms with Crippen LogP contribution in [0.15, 0.2) is 15.0 Å². The molecular weight excluding hydrogens is 215 g/mol. The van der Waals surface area contributed by atoms with Gasteiger partial charge in [0.15, 0.2) is 0 Å². The number of rotatable bonds is 1. The Hall–Kier alpha value is 0.0700. The van der Waals surface area contributed by atoms with Crippen molar-refractivity contribution in [3.05, 3.63) is 11.9 Å². The first-order valence-corrected chi connectivity index (χ1v) is 4.55. The van der Waals surface area contributed by atoms with E-state index in [9.17, 15) is 0 Å². The Balaban J connectivity index is 2.59. The largest absolute Gasteiger partial charge is 0.311 e. The van der Waals surface area contributed by atoms with E-state index in [0.717, 1.165) is 6.42 Å². The van der Waals surface area contributed by atoms with Crippen molar-refractivity contribution in [2.24, 2.45) is 3.15 Å². The van der Waals surface area contributed by atoms with Crippen LogP contribution < -0.4 is 0 Å². The molecule has 8 heavy (non-hydrogen) atoms. The van der Waals surface area contributed by atoms with E-state index in [1.54, 1.807) is 0 Å². The first kappa shape index (κ1) is 6.19. The monoisotopic (exact) mass is 224 g/mol. The Morgan fingerprint density at radius 1 is 1.88 bits per heavy atom. The Labute approximate surface area is 60.1 Å². The van der Waals surface area contributed by atoms with Crippen LogP contribution in [0.25, 0.3) is 0 Å². The number of hydrogen-bond acceptors (Lipinski definition) is 2. The first-order chi connectivity index (χ1) is 3.84. The first-order valence-electron chi connectivity index (χ1n) is 2.62. The highest BCUT2D eigenvalue weighted by Crippen LogP contribution is 2.24. The number of halogens is 1. The van der Waals surface area contributed by atoms with Gasteiger partial charge in [0, 0.05) is 12.7 Å². The van der Waals surface area contributed by atoms with Crippen molar-refractivity contribution in [3.8, 4) is 0 Å². The fraction of sp³-hybridized carbons (Fsp3) is 0.600. The Bertz CT molecular complexity index is 139. The van der Waals surface area contributed by atoms with Crippen molar-refractivity contribution in [2.75, 3.05) is 7.05 Å². The van der Waals surface area contributed by atoms with Gasteiger partial charge < -0.3 is 3.11 Å². The molecule has 3 heteroatoms. The molecule has 1 heterocycles. The predicted octanol–water partition coefficient (Wildman–Crippen LogP) is 2.25. The van der Waals surface area contributed by atoms with Crippen LogP contribution in [0.2, 0.25) is 0 Å². The maximum Gasteiger partial charge on any atom is 0.120 e. The average Bonchev–Trinajstić information content (AvgIpc) is 2.14. The van der Waals surface area contributed by atoms with Crippen LogP contribution in [0.3, 0.4) is 0 Å². The van der Waals surface area contributed by atoms with Gasteiger partial charge in [-0.05, 0) is 6.42 Å². The van der Waals surface area contributed by atoms with E-state index >= 15 is 0 Å². The lowest BCUT2D eigenvalue weighted by atomic mass is 10.4. The molecule has 0 fully saturated rings. The zero-order valence-corrected chi connectivity index (χ0v) is 7.21. The molecule has 1 aliphatic rings. The molecule has 0 unspecified atom stereocenters. The van der Waals surface area contributed by atoms with Gasteiger partial charge in [-0.25, -0.2) is 3.15 Å². The zero-order chi connectivity index (χ0) is 5.98. The summed E-state index contributed by atoms with van der Waals surface area (Å²) < 4.78 is 6.45. The van der Waals surface area contributed by atoms with E-state index in [-0.39, 0.29) is 21.3 Å². The molecule has 0 spiro atoms. The summed E-state index contributed by atoms with van der Waals surface area (Å²) in [5, 5.41) is 0. The molecule has 0 saturated carbocycles. The molecule has 0 amide bonds. The molecule has 0 saturated heterocycles. The molecule has 0 aromatic carbocycles. The summed E-state index contributed by atoms with van der Waals surface area (Å²) in [5.41, 5.74) is 1.39. The van der Waals surface area contributed by atoms with Crippen molar-refractivity contribution < 1.29 is 0 Å². The number of hydrogen-bond donors (Lipinski definition) is 0. The molecule has 1 aliphatic heterocycles. The van der Waals surface area contributed by atoms with E-state index in [4.69, 9.17) is 0 Å². The molecule has 0 aromatic heterocycles. The molecule has 46 valence electrons. The third-order valence-electron chi connectivity index (χ3n) is 1.11. The molecule has 0 N–H and O–H groups in total. The minimum Gasteiger partial charge on any atom is -0.311 e. The minimum absolute atomic E-state index is 0.00140. The quantitative estimate of drug-likeness (QED) is 0.492. The molecule has 1 rings (SSSR count). The van der Waals surface area contributed by atoms with Crippen LogP contribution in [-0.2, 0) is 0 Å². The van der Waals surface area contributed by atoms with Crippen molar-refractivity contribution >= 4 is 21.3 Å². The molecule has 2 nitrogen and oxygen atoms in total. The SMILES string of the molecule is CCC1=CN=IN1C. The standard InChI is InChI=1S/C5H9IN2/c1-3-5-4-7-6-8(5)2/h4H,3H2,1-2H3.